The first-order valence-corrected chi connectivity index (χ1v) is 12.0. The highest BCUT2D eigenvalue weighted by Gasteiger charge is 2.24. The fourth-order valence-electron chi connectivity index (χ4n) is 3.43. The molecule has 3 aromatic rings. The van der Waals surface area contributed by atoms with Gasteiger partial charge < -0.3 is 14.8 Å². The van der Waals surface area contributed by atoms with Gasteiger partial charge in [0.2, 0.25) is 0 Å². The smallest absolute Gasteiger partial charge is 0.262 e. The van der Waals surface area contributed by atoms with Crippen molar-refractivity contribution in [2.24, 2.45) is 11.0 Å². The molecule has 7 heteroatoms. The highest BCUT2D eigenvalue weighted by Crippen LogP contribution is 2.29. The van der Waals surface area contributed by atoms with Crippen molar-refractivity contribution in [1.82, 2.24) is 10.7 Å². The summed E-state index contributed by atoms with van der Waals surface area (Å²) < 4.78 is 11.7. The topological polar surface area (TPSA) is 89.0 Å². The molecule has 2 N–H and O–H groups in total. The molecule has 7 nitrogen and oxygen atoms in total. The largest absolute Gasteiger partial charge is 0.490 e. The number of aryl methyl sites for hydroxylation is 1. The van der Waals surface area contributed by atoms with Gasteiger partial charge in [-0.25, -0.2) is 5.43 Å². The number of carbonyl (C=O) groups excluding carboxylic acids is 2. The van der Waals surface area contributed by atoms with E-state index in [0.717, 1.165) is 11.1 Å². The third-order valence-electron chi connectivity index (χ3n) is 5.44. The summed E-state index contributed by atoms with van der Waals surface area (Å²) in [7, 11) is 0. The quantitative estimate of drug-likeness (QED) is 0.298. The molecular formula is C29H33N3O4. The zero-order valence-corrected chi connectivity index (χ0v) is 21.2. The molecule has 0 aliphatic carbocycles. The van der Waals surface area contributed by atoms with Crippen LogP contribution < -0.4 is 20.2 Å². The Balaban J connectivity index is 1.62. The maximum absolute atomic E-state index is 12.7. The van der Waals surface area contributed by atoms with E-state index in [4.69, 9.17) is 9.47 Å². The standard InChI is InChI=1S/C29H33N3O4/c1-5-35-26-17-23(15-16-25(26)36-19-22-13-11-21(4)12-14-22)18-30-32-29(34)27(20(2)3)31-28(33)24-9-7-6-8-10-24/h6-18,20,27H,5,19H2,1-4H3,(H,31,33)(H,32,34). The van der Waals surface area contributed by atoms with E-state index in [0.29, 0.717) is 30.3 Å². The second kappa shape index (κ2) is 13.1. The number of rotatable bonds is 11. The van der Waals surface area contributed by atoms with E-state index in [1.807, 2.05) is 70.2 Å². The minimum Gasteiger partial charge on any atom is -0.490 e. The first-order valence-electron chi connectivity index (χ1n) is 12.0. The van der Waals surface area contributed by atoms with Crippen LogP contribution in [0.4, 0.5) is 0 Å². The van der Waals surface area contributed by atoms with Crippen LogP contribution in [0.3, 0.4) is 0 Å². The SMILES string of the molecule is CCOc1cc(C=NNC(=O)C(NC(=O)c2ccccc2)C(C)C)ccc1OCc1ccc(C)cc1. The van der Waals surface area contributed by atoms with E-state index in [1.165, 1.54) is 11.8 Å². The summed E-state index contributed by atoms with van der Waals surface area (Å²) in [5, 5.41) is 6.87. The molecule has 0 heterocycles. The Hall–Kier alpha value is -4.13. The van der Waals surface area contributed by atoms with Gasteiger partial charge in [-0.2, -0.15) is 5.10 Å². The zero-order chi connectivity index (χ0) is 25.9. The van der Waals surface area contributed by atoms with Crippen molar-refractivity contribution in [3.05, 3.63) is 95.1 Å². The van der Waals surface area contributed by atoms with Crippen molar-refractivity contribution in [2.45, 2.75) is 40.3 Å². The van der Waals surface area contributed by atoms with Crippen molar-refractivity contribution in [3.8, 4) is 11.5 Å². The Labute approximate surface area is 212 Å². The summed E-state index contributed by atoms with van der Waals surface area (Å²) in [5.74, 6) is 0.393. The average Bonchev–Trinajstić information content (AvgIpc) is 2.88. The second-order valence-corrected chi connectivity index (χ2v) is 8.71. The lowest BCUT2D eigenvalue weighted by Gasteiger charge is -2.20. The van der Waals surface area contributed by atoms with Crippen LogP contribution in [-0.2, 0) is 11.4 Å². The van der Waals surface area contributed by atoms with E-state index in [2.05, 4.69) is 15.8 Å². The number of ether oxygens (including phenoxy) is 2. The molecule has 3 aromatic carbocycles. The van der Waals surface area contributed by atoms with Crippen LogP contribution in [0.1, 0.15) is 47.8 Å². The zero-order valence-electron chi connectivity index (χ0n) is 21.2. The van der Waals surface area contributed by atoms with Crippen molar-refractivity contribution >= 4 is 18.0 Å². The van der Waals surface area contributed by atoms with Crippen LogP contribution >= 0.6 is 0 Å². The predicted octanol–water partition coefficient (Wildman–Crippen LogP) is 4.88. The monoisotopic (exact) mass is 487 g/mol. The lowest BCUT2D eigenvalue weighted by molar-refractivity contribution is -0.123. The summed E-state index contributed by atoms with van der Waals surface area (Å²) in [6.45, 7) is 8.58. The molecule has 1 atom stereocenters. The molecule has 0 aliphatic heterocycles. The number of hydrogen-bond acceptors (Lipinski definition) is 5. The van der Waals surface area contributed by atoms with E-state index < -0.39 is 11.9 Å². The van der Waals surface area contributed by atoms with Crippen molar-refractivity contribution in [2.75, 3.05) is 6.61 Å². The van der Waals surface area contributed by atoms with Gasteiger partial charge in [-0.15, -0.1) is 0 Å². The molecular weight excluding hydrogens is 454 g/mol. The highest BCUT2D eigenvalue weighted by molar-refractivity contribution is 5.97. The van der Waals surface area contributed by atoms with Gasteiger partial charge in [0.1, 0.15) is 12.6 Å². The molecule has 0 aromatic heterocycles. The summed E-state index contributed by atoms with van der Waals surface area (Å²) in [6, 6.07) is 21.7. The average molecular weight is 488 g/mol. The van der Waals surface area contributed by atoms with Crippen molar-refractivity contribution in [3.63, 3.8) is 0 Å². The van der Waals surface area contributed by atoms with Gasteiger partial charge in [-0.1, -0.05) is 61.9 Å². The maximum Gasteiger partial charge on any atom is 0.262 e. The minimum absolute atomic E-state index is 0.123. The predicted molar refractivity (Wildman–Crippen MR) is 141 cm³/mol. The number of nitrogens with one attached hydrogen (secondary N) is 2. The third kappa shape index (κ3) is 7.70. The summed E-state index contributed by atoms with van der Waals surface area (Å²) in [6.07, 6.45) is 1.53. The van der Waals surface area contributed by atoms with Crippen molar-refractivity contribution < 1.29 is 19.1 Å². The molecule has 0 radical (unpaired) electrons. The number of hydrogen-bond donors (Lipinski definition) is 2. The molecule has 1 unspecified atom stereocenters. The lowest BCUT2D eigenvalue weighted by atomic mass is 10.0. The van der Waals surface area contributed by atoms with Crippen LogP contribution in [0.15, 0.2) is 77.9 Å². The number of carbonyl (C=O) groups is 2. The molecule has 188 valence electrons. The molecule has 0 saturated carbocycles. The van der Waals surface area contributed by atoms with E-state index in [-0.39, 0.29) is 11.8 Å². The van der Waals surface area contributed by atoms with Crippen LogP contribution in [0.25, 0.3) is 0 Å². The summed E-state index contributed by atoms with van der Waals surface area (Å²) in [5.41, 5.74) is 6.02. The molecule has 0 bridgehead atoms. The van der Waals surface area contributed by atoms with Gasteiger partial charge in [0.05, 0.1) is 12.8 Å². The van der Waals surface area contributed by atoms with Gasteiger partial charge in [0, 0.05) is 5.56 Å². The fourth-order valence-corrected chi connectivity index (χ4v) is 3.43. The van der Waals surface area contributed by atoms with E-state index in [1.54, 1.807) is 30.3 Å². The van der Waals surface area contributed by atoms with Crippen molar-refractivity contribution in [1.29, 1.82) is 0 Å². The van der Waals surface area contributed by atoms with Crippen LogP contribution in [-0.4, -0.2) is 30.7 Å². The molecule has 2 amide bonds. The normalized spacial score (nSPS) is 11.8. The molecule has 0 fully saturated rings. The molecule has 0 saturated heterocycles. The van der Waals surface area contributed by atoms with E-state index in [9.17, 15) is 9.59 Å². The fraction of sp³-hybridized carbons (Fsp3) is 0.276. The molecule has 36 heavy (non-hydrogen) atoms. The Kier molecular flexibility index (Phi) is 9.63. The first kappa shape index (κ1) is 26.5. The van der Waals surface area contributed by atoms with Gasteiger partial charge in [0.25, 0.3) is 11.8 Å². The second-order valence-electron chi connectivity index (χ2n) is 8.71. The lowest BCUT2D eigenvalue weighted by Crippen LogP contribution is -2.48. The van der Waals surface area contributed by atoms with E-state index >= 15 is 0 Å². The molecule has 0 spiro atoms. The Morgan fingerprint density at radius 2 is 1.67 bits per heavy atom. The summed E-state index contributed by atoms with van der Waals surface area (Å²) >= 11 is 0. The minimum atomic E-state index is -0.730. The van der Waals surface area contributed by atoms with Crippen LogP contribution in [0.2, 0.25) is 0 Å². The first-order chi connectivity index (χ1) is 17.4. The molecule has 0 aliphatic rings. The van der Waals surface area contributed by atoms with Gasteiger partial charge >= 0.3 is 0 Å². The third-order valence-corrected chi connectivity index (χ3v) is 5.44. The Morgan fingerprint density at radius 1 is 0.944 bits per heavy atom. The summed E-state index contributed by atoms with van der Waals surface area (Å²) in [4.78, 5) is 25.2. The molecule has 3 rings (SSSR count). The Morgan fingerprint density at radius 3 is 2.33 bits per heavy atom. The Bertz CT molecular complexity index is 1170. The van der Waals surface area contributed by atoms with Crippen LogP contribution in [0, 0.1) is 12.8 Å². The number of amides is 2. The number of nitrogens with zero attached hydrogens (tertiary/aromatic N) is 1. The highest BCUT2D eigenvalue weighted by atomic mass is 16.5. The van der Waals surface area contributed by atoms with Crippen LogP contribution in [0.5, 0.6) is 11.5 Å². The number of hydrazone groups is 1. The van der Waals surface area contributed by atoms with Gasteiger partial charge in [0.15, 0.2) is 11.5 Å². The number of benzene rings is 3. The van der Waals surface area contributed by atoms with Gasteiger partial charge in [-0.05, 0) is 61.2 Å². The van der Waals surface area contributed by atoms with Gasteiger partial charge in [-0.3, -0.25) is 9.59 Å². The maximum atomic E-state index is 12.7.